The third-order valence-corrected chi connectivity index (χ3v) is 4.26. The number of hydrogen-bond donors (Lipinski definition) is 0. The molecule has 0 spiro atoms. The lowest BCUT2D eigenvalue weighted by molar-refractivity contribution is -0.168. The Labute approximate surface area is 158 Å². The molecule has 1 aliphatic heterocycles. The highest BCUT2D eigenvalue weighted by Crippen LogP contribution is 2.32. The molecular formula is C17H24O9S. The molecule has 10 heteroatoms. The molecule has 1 fully saturated rings. The summed E-state index contributed by atoms with van der Waals surface area (Å²) in [6.45, 7) is 3.28. The quantitative estimate of drug-likeness (QED) is 0.465. The van der Waals surface area contributed by atoms with Gasteiger partial charge in [0.15, 0.2) is 5.79 Å². The highest BCUT2D eigenvalue weighted by Gasteiger charge is 2.50. The second kappa shape index (κ2) is 8.42. The summed E-state index contributed by atoms with van der Waals surface area (Å²) >= 11 is 0. The standard InChI is InChI=1S/C17H24O9S/c1-17(2)24-13(10-23-12-8-6-11(21-3)7-9-12)14(25-17)15(16(18)22-4)26-27(5,19)20/h6-9,13-15H,10H2,1-5H3/t13-,14+,15+/m0/s1. The highest BCUT2D eigenvalue weighted by molar-refractivity contribution is 7.86. The van der Waals surface area contributed by atoms with Gasteiger partial charge in [0.05, 0.1) is 20.5 Å². The fourth-order valence-electron chi connectivity index (χ4n) is 2.63. The number of hydrogen-bond acceptors (Lipinski definition) is 9. The zero-order valence-corrected chi connectivity index (χ0v) is 16.6. The topological polar surface area (TPSA) is 107 Å². The molecule has 152 valence electrons. The minimum Gasteiger partial charge on any atom is -0.497 e. The van der Waals surface area contributed by atoms with Crippen LogP contribution in [-0.2, 0) is 33.3 Å². The summed E-state index contributed by atoms with van der Waals surface area (Å²) in [7, 11) is -1.26. The first kappa shape index (κ1) is 21.4. The second-order valence-electron chi connectivity index (χ2n) is 6.37. The van der Waals surface area contributed by atoms with Gasteiger partial charge in [-0.15, -0.1) is 0 Å². The molecule has 0 saturated carbocycles. The van der Waals surface area contributed by atoms with E-state index in [0.717, 1.165) is 13.4 Å². The van der Waals surface area contributed by atoms with Gasteiger partial charge in [-0.05, 0) is 38.1 Å². The van der Waals surface area contributed by atoms with E-state index in [-0.39, 0.29) is 6.61 Å². The molecule has 27 heavy (non-hydrogen) atoms. The van der Waals surface area contributed by atoms with Crippen LogP contribution in [0.5, 0.6) is 11.5 Å². The van der Waals surface area contributed by atoms with Gasteiger partial charge in [0.2, 0.25) is 6.10 Å². The number of methoxy groups -OCH3 is 2. The van der Waals surface area contributed by atoms with Crippen LogP contribution in [0.1, 0.15) is 13.8 Å². The van der Waals surface area contributed by atoms with Crippen molar-refractivity contribution >= 4 is 16.1 Å². The van der Waals surface area contributed by atoms with E-state index in [4.69, 9.17) is 23.1 Å². The summed E-state index contributed by atoms with van der Waals surface area (Å²) in [6.07, 6.45) is -2.49. The Balaban J connectivity index is 2.16. The number of carbonyl (C=O) groups excluding carboxylic acids is 1. The van der Waals surface area contributed by atoms with E-state index < -0.39 is 40.2 Å². The van der Waals surface area contributed by atoms with Crippen molar-refractivity contribution in [3.63, 3.8) is 0 Å². The van der Waals surface area contributed by atoms with E-state index in [1.165, 1.54) is 0 Å². The molecule has 3 atom stereocenters. The van der Waals surface area contributed by atoms with Crippen molar-refractivity contribution in [1.82, 2.24) is 0 Å². The molecule has 0 N–H and O–H groups in total. The number of esters is 1. The van der Waals surface area contributed by atoms with Crippen LogP contribution >= 0.6 is 0 Å². The minimum atomic E-state index is -3.94. The van der Waals surface area contributed by atoms with E-state index in [1.54, 1.807) is 45.2 Å². The zero-order chi connectivity index (χ0) is 20.2. The summed E-state index contributed by atoms with van der Waals surface area (Å²) in [6, 6.07) is 6.87. The molecular weight excluding hydrogens is 380 g/mol. The number of rotatable bonds is 8. The molecule has 9 nitrogen and oxygen atoms in total. The average molecular weight is 404 g/mol. The molecule has 1 aliphatic rings. The maximum absolute atomic E-state index is 12.1. The normalized spacial score (nSPS) is 22.9. The predicted molar refractivity (Wildman–Crippen MR) is 94.0 cm³/mol. The lowest BCUT2D eigenvalue weighted by atomic mass is 10.1. The molecule has 0 unspecified atom stereocenters. The van der Waals surface area contributed by atoms with E-state index in [9.17, 15) is 13.2 Å². The molecule has 0 bridgehead atoms. The fourth-order valence-corrected chi connectivity index (χ4v) is 3.20. The molecule has 0 amide bonds. The summed E-state index contributed by atoms with van der Waals surface area (Å²) in [4.78, 5) is 12.1. The molecule has 1 aromatic carbocycles. The molecule has 2 rings (SSSR count). The second-order valence-corrected chi connectivity index (χ2v) is 7.97. The molecule has 1 saturated heterocycles. The largest absolute Gasteiger partial charge is 0.497 e. The van der Waals surface area contributed by atoms with Gasteiger partial charge in [-0.25, -0.2) is 4.79 Å². The third kappa shape index (κ3) is 6.06. The van der Waals surface area contributed by atoms with Crippen molar-refractivity contribution < 1.29 is 41.1 Å². The zero-order valence-electron chi connectivity index (χ0n) is 15.8. The monoisotopic (exact) mass is 404 g/mol. The van der Waals surface area contributed by atoms with Gasteiger partial charge in [0.1, 0.15) is 30.3 Å². The lowest BCUT2D eigenvalue weighted by Crippen LogP contribution is -2.46. The first-order valence-corrected chi connectivity index (χ1v) is 9.95. The maximum Gasteiger partial charge on any atom is 0.339 e. The third-order valence-electron chi connectivity index (χ3n) is 3.71. The Morgan fingerprint density at radius 2 is 1.74 bits per heavy atom. The first-order valence-electron chi connectivity index (χ1n) is 8.13. The summed E-state index contributed by atoms with van der Waals surface area (Å²) < 4.78 is 54.9. The molecule has 0 aromatic heterocycles. The minimum absolute atomic E-state index is 0.00103. The van der Waals surface area contributed by atoms with Gasteiger partial charge in [-0.2, -0.15) is 8.42 Å². The molecule has 1 heterocycles. The van der Waals surface area contributed by atoms with E-state index in [0.29, 0.717) is 11.5 Å². The van der Waals surface area contributed by atoms with Crippen LogP contribution in [0.2, 0.25) is 0 Å². The van der Waals surface area contributed by atoms with Gasteiger partial charge in [0.25, 0.3) is 10.1 Å². The number of benzene rings is 1. The number of carbonyl (C=O) groups is 1. The Kier molecular flexibility index (Phi) is 6.68. The van der Waals surface area contributed by atoms with E-state index in [2.05, 4.69) is 4.74 Å². The predicted octanol–water partition coefficient (Wildman–Crippen LogP) is 1.11. The van der Waals surface area contributed by atoms with Gasteiger partial charge in [-0.3, -0.25) is 4.18 Å². The number of ether oxygens (including phenoxy) is 5. The first-order chi connectivity index (χ1) is 12.5. The van der Waals surface area contributed by atoms with E-state index in [1.807, 2.05) is 0 Å². The summed E-state index contributed by atoms with van der Waals surface area (Å²) in [5, 5.41) is 0. The van der Waals surface area contributed by atoms with Crippen LogP contribution in [0.15, 0.2) is 24.3 Å². The highest BCUT2D eigenvalue weighted by atomic mass is 32.2. The Bertz CT molecular complexity index is 742. The molecule has 0 radical (unpaired) electrons. The van der Waals surface area contributed by atoms with Crippen LogP contribution in [0.4, 0.5) is 0 Å². The molecule has 1 aromatic rings. The summed E-state index contributed by atoms with van der Waals surface area (Å²) in [5.74, 6) is -0.733. The fraction of sp³-hybridized carbons (Fsp3) is 0.588. The van der Waals surface area contributed by atoms with Crippen LogP contribution in [0.3, 0.4) is 0 Å². The lowest BCUT2D eigenvalue weighted by Gasteiger charge is -2.23. The van der Waals surface area contributed by atoms with Crippen molar-refractivity contribution in [1.29, 1.82) is 0 Å². The van der Waals surface area contributed by atoms with Gasteiger partial charge < -0.3 is 23.7 Å². The van der Waals surface area contributed by atoms with Gasteiger partial charge in [-0.1, -0.05) is 0 Å². The van der Waals surface area contributed by atoms with Crippen molar-refractivity contribution in [3.8, 4) is 11.5 Å². The average Bonchev–Trinajstić information content (AvgIpc) is 2.91. The van der Waals surface area contributed by atoms with Gasteiger partial charge in [0, 0.05) is 0 Å². The Hall–Kier alpha value is -1.88. The Morgan fingerprint density at radius 1 is 1.15 bits per heavy atom. The van der Waals surface area contributed by atoms with Crippen LogP contribution in [0, 0.1) is 0 Å². The van der Waals surface area contributed by atoms with Crippen LogP contribution < -0.4 is 9.47 Å². The van der Waals surface area contributed by atoms with Crippen LogP contribution in [0.25, 0.3) is 0 Å². The molecule has 0 aliphatic carbocycles. The smallest absolute Gasteiger partial charge is 0.339 e. The van der Waals surface area contributed by atoms with Crippen molar-refractivity contribution in [2.24, 2.45) is 0 Å². The Morgan fingerprint density at radius 3 is 2.26 bits per heavy atom. The summed E-state index contributed by atoms with van der Waals surface area (Å²) in [5.41, 5.74) is 0. The van der Waals surface area contributed by atoms with Crippen molar-refractivity contribution in [2.75, 3.05) is 27.1 Å². The van der Waals surface area contributed by atoms with Crippen molar-refractivity contribution in [2.45, 2.75) is 37.9 Å². The SMILES string of the molecule is COC(=O)[C@H](OS(C)(=O)=O)[C@@H]1OC(C)(C)O[C@H]1COc1ccc(OC)cc1. The van der Waals surface area contributed by atoms with E-state index >= 15 is 0 Å². The van der Waals surface area contributed by atoms with Crippen molar-refractivity contribution in [3.05, 3.63) is 24.3 Å². The maximum atomic E-state index is 12.1. The van der Waals surface area contributed by atoms with Gasteiger partial charge >= 0.3 is 5.97 Å². The van der Waals surface area contributed by atoms with Crippen LogP contribution in [-0.4, -0.2) is 65.6 Å².